The molecule has 3 N–H and O–H groups in total. The molecule has 2 aromatic rings. The van der Waals surface area contributed by atoms with Crippen LogP contribution >= 0.6 is 22.4 Å². The number of fused-ring (bicyclic) bond motifs is 2. The van der Waals surface area contributed by atoms with Crippen LogP contribution < -0.4 is 14.2 Å². The number of ether oxygens (including phenoxy) is 2. The lowest BCUT2D eigenvalue weighted by molar-refractivity contribution is 0.0726. The summed E-state index contributed by atoms with van der Waals surface area (Å²) in [6.07, 6.45) is 3.24. The molecule has 28 heavy (non-hydrogen) atoms. The van der Waals surface area contributed by atoms with E-state index in [0.717, 1.165) is 12.8 Å². The van der Waals surface area contributed by atoms with Crippen molar-refractivity contribution in [3.63, 3.8) is 0 Å². The number of methoxy groups -OCH3 is 1. The average molecular weight is 426 g/mol. The highest BCUT2D eigenvalue weighted by Gasteiger charge is 2.35. The summed E-state index contributed by atoms with van der Waals surface area (Å²) >= 11 is 6.00. The van der Waals surface area contributed by atoms with Gasteiger partial charge in [0.1, 0.15) is 22.8 Å². The van der Waals surface area contributed by atoms with Crippen LogP contribution in [0.2, 0.25) is 5.02 Å². The smallest absolute Gasteiger partial charge is 0.259 e. The molecule has 1 amide bonds. The van der Waals surface area contributed by atoms with E-state index >= 15 is 0 Å². The van der Waals surface area contributed by atoms with Gasteiger partial charge in [0.25, 0.3) is 5.91 Å². The predicted molar refractivity (Wildman–Crippen MR) is 107 cm³/mol. The lowest BCUT2D eigenvalue weighted by Crippen LogP contribution is -2.36. The van der Waals surface area contributed by atoms with Crippen molar-refractivity contribution in [3.8, 4) is 11.6 Å². The quantitative estimate of drug-likeness (QED) is 0.682. The molecular formula is C18H20ClN3O5S. The molecule has 1 aromatic heterocycles. The first-order chi connectivity index (χ1) is 13.4. The maximum atomic E-state index is 12.9. The van der Waals surface area contributed by atoms with Crippen LogP contribution in [0.4, 0.5) is 5.69 Å². The van der Waals surface area contributed by atoms with E-state index in [4.69, 9.17) is 21.1 Å². The SMILES string of the molecule is COc1ccc(Cl)cc1S(O)(O)Nc1cnc2c(c1)C(=O)N1CCC[C@H]1CO2. The number of hydrogen-bond acceptors (Lipinski definition) is 7. The molecule has 2 aliphatic heterocycles. The zero-order valence-electron chi connectivity index (χ0n) is 15.1. The molecule has 0 aliphatic carbocycles. The summed E-state index contributed by atoms with van der Waals surface area (Å²) in [5.74, 6) is 0.365. The van der Waals surface area contributed by atoms with Crippen molar-refractivity contribution in [2.45, 2.75) is 23.8 Å². The number of hydrogen-bond donors (Lipinski definition) is 3. The van der Waals surface area contributed by atoms with Crippen LogP contribution in [0.3, 0.4) is 0 Å². The molecule has 10 heteroatoms. The fourth-order valence-corrected chi connectivity index (χ4v) is 4.99. The average Bonchev–Trinajstić information content (AvgIpc) is 3.10. The number of carbonyl (C=O) groups excluding carboxylic acids is 1. The molecule has 3 heterocycles. The molecule has 8 nitrogen and oxygen atoms in total. The summed E-state index contributed by atoms with van der Waals surface area (Å²) in [5, 5.41) is 0.335. The molecule has 0 radical (unpaired) electrons. The van der Waals surface area contributed by atoms with E-state index in [9.17, 15) is 13.9 Å². The molecule has 0 spiro atoms. The first-order valence-electron chi connectivity index (χ1n) is 8.72. The maximum Gasteiger partial charge on any atom is 0.259 e. The third-order valence-electron chi connectivity index (χ3n) is 4.82. The molecule has 1 atom stereocenters. The first kappa shape index (κ1) is 19.1. The first-order valence-corrected chi connectivity index (χ1v) is 10.6. The van der Waals surface area contributed by atoms with Gasteiger partial charge in [0.05, 0.1) is 25.0 Å². The summed E-state index contributed by atoms with van der Waals surface area (Å²) in [6, 6.07) is 6.13. The fraction of sp³-hybridized carbons (Fsp3) is 0.333. The van der Waals surface area contributed by atoms with Gasteiger partial charge >= 0.3 is 0 Å². The predicted octanol–water partition coefficient (Wildman–Crippen LogP) is 3.88. The van der Waals surface area contributed by atoms with Crippen LogP contribution in [-0.2, 0) is 0 Å². The van der Waals surface area contributed by atoms with Crippen molar-refractivity contribution >= 4 is 34.0 Å². The second kappa shape index (κ2) is 7.32. The van der Waals surface area contributed by atoms with Crippen LogP contribution in [0.25, 0.3) is 0 Å². The van der Waals surface area contributed by atoms with E-state index in [1.165, 1.54) is 25.4 Å². The Hall–Kier alpha value is -2.20. The van der Waals surface area contributed by atoms with Gasteiger partial charge in [0, 0.05) is 11.6 Å². The number of amides is 1. The van der Waals surface area contributed by atoms with E-state index in [-0.39, 0.29) is 34.2 Å². The monoisotopic (exact) mass is 425 g/mol. The Balaban J connectivity index is 1.65. The number of aromatic nitrogens is 1. The second-order valence-electron chi connectivity index (χ2n) is 6.63. The Morgan fingerprint density at radius 2 is 2.21 bits per heavy atom. The van der Waals surface area contributed by atoms with Gasteiger partial charge in [-0.05, 0) is 37.1 Å². The number of halogens is 1. The van der Waals surface area contributed by atoms with E-state index in [1.807, 2.05) is 0 Å². The Morgan fingerprint density at radius 3 is 3.00 bits per heavy atom. The molecule has 1 saturated heterocycles. The fourth-order valence-electron chi connectivity index (χ4n) is 3.47. The van der Waals surface area contributed by atoms with Crippen LogP contribution in [0.15, 0.2) is 35.4 Å². The van der Waals surface area contributed by atoms with Crippen molar-refractivity contribution in [2.75, 3.05) is 25.0 Å². The van der Waals surface area contributed by atoms with Gasteiger partial charge in [0.2, 0.25) is 5.88 Å². The molecule has 0 bridgehead atoms. The van der Waals surface area contributed by atoms with E-state index < -0.39 is 10.8 Å². The molecule has 0 saturated carbocycles. The number of anilines is 1. The minimum atomic E-state index is -3.51. The van der Waals surface area contributed by atoms with Crippen LogP contribution in [-0.4, -0.2) is 51.2 Å². The van der Waals surface area contributed by atoms with Crippen LogP contribution in [0, 0.1) is 0 Å². The normalized spacial score (nSPS) is 19.4. The molecular weight excluding hydrogens is 406 g/mol. The van der Waals surface area contributed by atoms with E-state index in [0.29, 0.717) is 23.7 Å². The van der Waals surface area contributed by atoms with Gasteiger partial charge in [-0.2, -0.15) is 0 Å². The molecule has 1 aromatic carbocycles. The minimum Gasteiger partial charge on any atom is -0.495 e. The molecule has 0 unspecified atom stereocenters. The van der Waals surface area contributed by atoms with Crippen molar-refractivity contribution in [2.24, 2.45) is 0 Å². The minimum absolute atomic E-state index is 0.0502. The summed E-state index contributed by atoms with van der Waals surface area (Å²) in [7, 11) is -2.09. The zero-order chi connectivity index (χ0) is 19.9. The van der Waals surface area contributed by atoms with Gasteiger partial charge < -0.3 is 14.4 Å². The number of nitrogens with zero attached hydrogens (tertiary/aromatic N) is 2. The standard InChI is InChI=1S/C18H20ClN3O5S/c1-26-15-5-4-11(19)7-16(15)28(24,25)21-12-8-14-17(20-9-12)27-10-13-3-2-6-22(13)18(14)23/h4-5,7-9,13,21,24-25H,2-3,6,10H2,1H3/t13-/m0/s1. The van der Waals surface area contributed by atoms with Crippen molar-refractivity contribution in [3.05, 3.63) is 41.0 Å². The zero-order valence-corrected chi connectivity index (χ0v) is 16.7. The van der Waals surface area contributed by atoms with Gasteiger partial charge in [-0.1, -0.05) is 22.4 Å². The van der Waals surface area contributed by atoms with E-state index in [2.05, 4.69) is 9.71 Å². The highest BCUT2D eigenvalue weighted by atomic mass is 35.5. The Bertz CT molecular complexity index is 926. The molecule has 2 aliphatic rings. The molecule has 150 valence electrons. The van der Waals surface area contributed by atoms with Crippen molar-refractivity contribution < 1.29 is 23.4 Å². The highest BCUT2D eigenvalue weighted by molar-refractivity contribution is 8.25. The van der Waals surface area contributed by atoms with Crippen LogP contribution in [0.5, 0.6) is 11.6 Å². The largest absolute Gasteiger partial charge is 0.495 e. The third-order valence-corrected chi connectivity index (χ3v) is 6.51. The van der Waals surface area contributed by atoms with Gasteiger partial charge in [-0.15, -0.1) is 0 Å². The lowest BCUT2D eigenvalue weighted by Gasteiger charge is -2.34. The summed E-state index contributed by atoms with van der Waals surface area (Å²) in [6.45, 7) is 1.09. The Kier molecular flexibility index (Phi) is 5.00. The van der Waals surface area contributed by atoms with Crippen LogP contribution in [0.1, 0.15) is 23.2 Å². The number of pyridine rings is 1. The number of benzene rings is 1. The van der Waals surface area contributed by atoms with Gasteiger partial charge in [0.15, 0.2) is 0 Å². The summed E-state index contributed by atoms with van der Waals surface area (Å²) in [4.78, 5) is 19.0. The second-order valence-corrected chi connectivity index (χ2v) is 8.81. The summed E-state index contributed by atoms with van der Waals surface area (Å²) in [5.41, 5.74) is 0.568. The maximum absolute atomic E-state index is 12.9. The Labute approximate surface area is 168 Å². The van der Waals surface area contributed by atoms with Gasteiger partial charge in [-0.25, -0.2) is 4.98 Å². The number of nitrogens with one attached hydrogen (secondary N) is 1. The topological polar surface area (TPSA) is 104 Å². The third kappa shape index (κ3) is 3.46. The number of carbonyl (C=O) groups is 1. The van der Waals surface area contributed by atoms with E-state index in [1.54, 1.807) is 17.0 Å². The Morgan fingerprint density at radius 1 is 1.39 bits per heavy atom. The lowest BCUT2D eigenvalue weighted by atomic mass is 10.2. The van der Waals surface area contributed by atoms with Gasteiger partial charge in [-0.3, -0.25) is 18.6 Å². The molecule has 1 fully saturated rings. The van der Waals surface area contributed by atoms with Crippen molar-refractivity contribution in [1.29, 1.82) is 0 Å². The summed E-state index contributed by atoms with van der Waals surface area (Å²) < 4.78 is 34.9. The highest BCUT2D eigenvalue weighted by Crippen LogP contribution is 2.52. The van der Waals surface area contributed by atoms with Crippen molar-refractivity contribution in [1.82, 2.24) is 9.88 Å². The molecule has 4 rings (SSSR count). The number of rotatable bonds is 4.